The van der Waals surface area contributed by atoms with Crippen molar-refractivity contribution in [1.82, 2.24) is 10.2 Å². The lowest BCUT2D eigenvalue weighted by atomic mass is 10.2. The van der Waals surface area contributed by atoms with Crippen LogP contribution in [0.5, 0.6) is 0 Å². The van der Waals surface area contributed by atoms with Crippen molar-refractivity contribution >= 4 is 15.7 Å². The van der Waals surface area contributed by atoms with Crippen LogP contribution in [0.2, 0.25) is 0 Å². The normalized spacial score (nSPS) is 28.2. The molecule has 0 bridgehead atoms. The van der Waals surface area contributed by atoms with Crippen molar-refractivity contribution < 1.29 is 13.2 Å². The minimum Gasteiger partial charge on any atom is -0.352 e. The van der Waals surface area contributed by atoms with Gasteiger partial charge in [0.2, 0.25) is 5.91 Å². The van der Waals surface area contributed by atoms with E-state index >= 15 is 0 Å². The number of carbonyl (C=O) groups is 1. The molecular weight excluding hydrogens is 228 g/mol. The third-order valence-electron chi connectivity index (χ3n) is 3.17. The van der Waals surface area contributed by atoms with Crippen molar-refractivity contribution in [2.75, 3.05) is 25.1 Å². The number of sulfone groups is 1. The molecule has 6 heteroatoms. The number of rotatable bonds is 4. The maximum Gasteiger partial charge on any atom is 0.234 e. The lowest BCUT2D eigenvalue weighted by Gasteiger charge is -2.22. The molecule has 1 heterocycles. The Morgan fingerprint density at radius 2 is 2.06 bits per heavy atom. The molecule has 1 unspecified atom stereocenters. The molecule has 0 aromatic carbocycles. The Labute approximate surface area is 96.1 Å². The van der Waals surface area contributed by atoms with Gasteiger partial charge in [-0.15, -0.1) is 0 Å². The van der Waals surface area contributed by atoms with Crippen molar-refractivity contribution in [1.29, 1.82) is 0 Å². The first kappa shape index (κ1) is 11.9. The molecule has 2 aliphatic rings. The largest absolute Gasteiger partial charge is 0.352 e. The number of nitrogens with zero attached hydrogens (tertiary/aromatic N) is 1. The van der Waals surface area contributed by atoms with Gasteiger partial charge in [-0.05, 0) is 26.3 Å². The Balaban J connectivity index is 1.78. The zero-order valence-corrected chi connectivity index (χ0v) is 10.3. The standard InChI is InChI=1S/C10H18N2O3S/c1-12(6-10(13)11-8-2-3-8)9-4-5-16(14,15)7-9/h8-9H,2-7H2,1H3,(H,11,13). The second-order valence-electron chi connectivity index (χ2n) is 4.81. The van der Waals surface area contributed by atoms with Crippen LogP contribution in [0.15, 0.2) is 0 Å². The minimum atomic E-state index is -2.86. The fourth-order valence-corrected chi connectivity index (χ4v) is 3.78. The monoisotopic (exact) mass is 246 g/mol. The molecule has 1 amide bonds. The Bertz CT molecular complexity index is 376. The zero-order chi connectivity index (χ0) is 11.8. The number of hydrogen-bond donors (Lipinski definition) is 1. The van der Waals surface area contributed by atoms with E-state index in [9.17, 15) is 13.2 Å². The molecule has 2 fully saturated rings. The molecule has 1 saturated heterocycles. The SMILES string of the molecule is CN(CC(=O)NC1CC1)C1CCS(=O)(=O)C1. The van der Waals surface area contributed by atoms with Crippen molar-refractivity contribution in [3.63, 3.8) is 0 Å². The fourth-order valence-electron chi connectivity index (χ4n) is 1.98. The average Bonchev–Trinajstić information content (AvgIpc) is 2.88. The number of carbonyl (C=O) groups excluding carboxylic acids is 1. The zero-order valence-electron chi connectivity index (χ0n) is 9.48. The second-order valence-corrected chi connectivity index (χ2v) is 7.04. The van der Waals surface area contributed by atoms with Crippen LogP contribution >= 0.6 is 0 Å². The van der Waals surface area contributed by atoms with Crippen LogP contribution in [0, 0.1) is 0 Å². The molecule has 1 atom stereocenters. The van der Waals surface area contributed by atoms with E-state index < -0.39 is 9.84 Å². The second kappa shape index (κ2) is 4.33. The van der Waals surface area contributed by atoms with E-state index in [4.69, 9.17) is 0 Å². The van der Waals surface area contributed by atoms with E-state index in [-0.39, 0.29) is 23.5 Å². The summed E-state index contributed by atoms with van der Waals surface area (Å²) < 4.78 is 22.6. The summed E-state index contributed by atoms with van der Waals surface area (Å²) in [6.07, 6.45) is 2.80. The van der Waals surface area contributed by atoms with Gasteiger partial charge in [-0.25, -0.2) is 8.42 Å². The third kappa shape index (κ3) is 3.18. The van der Waals surface area contributed by atoms with Crippen LogP contribution in [0.25, 0.3) is 0 Å². The predicted molar refractivity (Wildman–Crippen MR) is 60.9 cm³/mol. The summed E-state index contributed by atoms with van der Waals surface area (Å²) in [5, 5.41) is 2.90. The van der Waals surface area contributed by atoms with Gasteiger partial charge in [-0.2, -0.15) is 0 Å². The summed E-state index contributed by atoms with van der Waals surface area (Å²) in [5.41, 5.74) is 0. The summed E-state index contributed by atoms with van der Waals surface area (Å²) in [5.74, 6) is 0.459. The van der Waals surface area contributed by atoms with Gasteiger partial charge in [0.25, 0.3) is 0 Å². The minimum absolute atomic E-state index is 0.00861. The molecule has 0 aromatic rings. The number of likely N-dealkylation sites (N-methyl/N-ethyl adjacent to an activating group) is 1. The van der Waals surface area contributed by atoms with E-state index in [1.165, 1.54) is 0 Å². The van der Waals surface area contributed by atoms with Crippen LogP contribution in [0.3, 0.4) is 0 Å². The van der Waals surface area contributed by atoms with Gasteiger partial charge in [0.1, 0.15) is 0 Å². The van der Waals surface area contributed by atoms with E-state index in [0.717, 1.165) is 12.8 Å². The van der Waals surface area contributed by atoms with Gasteiger partial charge >= 0.3 is 0 Å². The molecule has 5 nitrogen and oxygen atoms in total. The third-order valence-corrected chi connectivity index (χ3v) is 4.92. The molecular formula is C10H18N2O3S. The quantitative estimate of drug-likeness (QED) is 0.718. The van der Waals surface area contributed by atoms with Crippen LogP contribution < -0.4 is 5.32 Å². The molecule has 1 aliphatic carbocycles. The van der Waals surface area contributed by atoms with Gasteiger partial charge in [-0.1, -0.05) is 0 Å². The van der Waals surface area contributed by atoms with E-state index in [2.05, 4.69) is 5.32 Å². The maximum atomic E-state index is 11.5. The van der Waals surface area contributed by atoms with E-state index in [1.54, 1.807) is 0 Å². The first-order chi connectivity index (χ1) is 7.46. The van der Waals surface area contributed by atoms with Crippen molar-refractivity contribution in [2.24, 2.45) is 0 Å². The van der Waals surface area contributed by atoms with Crippen LogP contribution in [0.4, 0.5) is 0 Å². The van der Waals surface area contributed by atoms with E-state index in [1.807, 2.05) is 11.9 Å². The Morgan fingerprint density at radius 1 is 1.38 bits per heavy atom. The highest BCUT2D eigenvalue weighted by atomic mass is 32.2. The Morgan fingerprint density at radius 3 is 2.56 bits per heavy atom. The van der Waals surface area contributed by atoms with Crippen molar-refractivity contribution in [3.05, 3.63) is 0 Å². The van der Waals surface area contributed by atoms with Crippen LogP contribution in [-0.2, 0) is 14.6 Å². The average molecular weight is 246 g/mol. The lowest BCUT2D eigenvalue weighted by Crippen LogP contribution is -2.41. The van der Waals surface area contributed by atoms with Crippen molar-refractivity contribution in [2.45, 2.75) is 31.3 Å². The van der Waals surface area contributed by atoms with Gasteiger partial charge in [0.05, 0.1) is 18.1 Å². The van der Waals surface area contributed by atoms with Crippen LogP contribution in [-0.4, -0.2) is 56.4 Å². The van der Waals surface area contributed by atoms with Gasteiger partial charge in [-0.3, -0.25) is 9.69 Å². The number of hydrogen-bond acceptors (Lipinski definition) is 4. The first-order valence-electron chi connectivity index (χ1n) is 5.66. The molecule has 2 rings (SSSR count). The van der Waals surface area contributed by atoms with Gasteiger partial charge in [0.15, 0.2) is 9.84 Å². The molecule has 0 aromatic heterocycles. The smallest absolute Gasteiger partial charge is 0.234 e. The van der Waals surface area contributed by atoms with Gasteiger partial charge in [0, 0.05) is 12.1 Å². The molecule has 1 aliphatic heterocycles. The Kier molecular flexibility index (Phi) is 3.21. The molecule has 1 N–H and O–H groups in total. The maximum absolute atomic E-state index is 11.5. The summed E-state index contributed by atoms with van der Waals surface area (Å²) in [6.45, 7) is 0.302. The highest BCUT2D eigenvalue weighted by molar-refractivity contribution is 7.91. The molecule has 0 radical (unpaired) electrons. The number of amides is 1. The van der Waals surface area contributed by atoms with Crippen LogP contribution in [0.1, 0.15) is 19.3 Å². The highest BCUT2D eigenvalue weighted by Crippen LogP contribution is 2.19. The van der Waals surface area contributed by atoms with E-state index in [0.29, 0.717) is 19.0 Å². The summed E-state index contributed by atoms with van der Waals surface area (Å²) >= 11 is 0. The molecule has 0 spiro atoms. The number of nitrogens with one attached hydrogen (secondary N) is 1. The van der Waals surface area contributed by atoms with Gasteiger partial charge < -0.3 is 5.32 Å². The first-order valence-corrected chi connectivity index (χ1v) is 7.48. The highest BCUT2D eigenvalue weighted by Gasteiger charge is 2.32. The predicted octanol–water partition coefficient (Wildman–Crippen LogP) is -0.616. The molecule has 92 valence electrons. The molecule has 1 saturated carbocycles. The lowest BCUT2D eigenvalue weighted by molar-refractivity contribution is -0.122. The summed E-state index contributed by atoms with van der Waals surface area (Å²) in [6, 6.07) is 0.378. The summed E-state index contributed by atoms with van der Waals surface area (Å²) in [7, 11) is -1.04. The Hall–Kier alpha value is -0.620. The topological polar surface area (TPSA) is 66.5 Å². The summed E-state index contributed by atoms with van der Waals surface area (Å²) in [4.78, 5) is 13.4. The fraction of sp³-hybridized carbons (Fsp3) is 0.900. The van der Waals surface area contributed by atoms with Crippen molar-refractivity contribution in [3.8, 4) is 0 Å². The molecule has 16 heavy (non-hydrogen) atoms.